The second kappa shape index (κ2) is 6.55. The van der Waals surface area contributed by atoms with Crippen LogP contribution < -0.4 is 5.32 Å². The van der Waals surface area contributed by atoms with Gasteiger partial charge in [0.1, 0.15) is 16.3 Å². The van der Waals surface area contributed by atoms with Crippen LogP contribution in [0, 0.1) is 5.41 Å². The average Bonchev–Trinajstić information content (AvgIpc) is 3.23. The van der Waals surface area contributed by atoms with Crippen molar-refractivity contribution in [2.75, 3.05) is 45.8 Å². The van der Waals surface area contributed by atoms with E-state index in [0.29, 0.717) is 29.9 Å². The third-order valence-corrected chi connectivity index (χ3v) is 7.73. The first-order chi connectivity index (χ1) is 12.0. The molecule has 0 saturated carbocycles. The molecule has 9 heteroatoms. The fourth-order valence-corrected chi connectivity index (χ4v) is 5.97. The smallest absolute Gasteiger partial charge is 0.245 e. The van der Waals surface area contributed by atoms with Gasteiger partial charge in [-0.3, -0.25) is 0 Å². The zero-order chi connectivity index (χ0) is 17.5. The molecule has 0 bridgehead atoms. The zero-order valence-corrected chi connectivity index (χ0v) is 15.9. The number of benzene rings is 1. The molecular weight excluding hydrogens is 358 g/mol. The van der Waals surface area contributed by atoms with Crippen LogP contribution in [0.25, 0.3) is 0 Å². The number of piperazine rings is 1. The number of hydrogen-bond acceptors (Lipinski definition) is 6. The van der Waals surface area contributed by atoms with Crippen molar-refractivity contribution in [1.29, 1.82) is 0 Å². The van der Waals surface area contributed by atoms with Crippen molar-refractivity contribution in [3.63, 3.8) is 0 Å². The van der Waals surface area contributed by atoms with Gasteiger partial charge in [0.25, 0.3) is 0 Å². The monoisotopic (exact) mass is 381 g/mol. The lowest BCUT2D eigenvalue weighted by Gasteiger charge is -2.38. The van der Waals surface area contributed by atoms with Crippen molar-refractivity contribution in [3.8, 4) is 0 Å². The molecule has 0 spiro atoms. The van der Waals surface area contributed by atoms with Crippen molar-refractivity contribution in [3.05, 3.63) is 18.2 Å². The Kier molecular flexibility index (Phi) is 4.53. The Bertz CT molecular complexity index is 834. The molecule has 0 aromatic heterocycles. The molecule has 1 unspecified atom stereocenters. The molecule has 2 fully saturated rings. The van der Waals surface area contributed by atoms with Crippen LogP contribution in [-0.4, -0.2) is 63.4 Å². The summed E-state index contributed by atoms with van der Waals surface area (Å²) in [5, 5.41) is 3.43. The van der Waals surface area contributed by atoms with Crippen molar-refractivity contribution in [1.82, 2.24) is 14.5 Å². The Hall–Kier alpha value is -1.13. The molecule has 2 saturated heterocycles. The highest BCUT2D eigenvalue weighted by molar-refractivity contribution is 7.89. The molecule has 0 aliphatic carbocycles. The van der Waals surface area contributed by atoms with Crippen molar-refractivity contribution >= 4 is 32.8 Å². The van der Waals surface area contributed by atoms with E-state index in [0.717, 1.165) is 44.1 Å². The van der Waals surface area contributed by atoms with E-state index >= 15 is 0 Å². The standard InChI is InChI=1S/C16H23N5O2S2/c1-16(5-6-17-11-16)12-20-7-9-21(10-8-20)25(22,23)14-4-2-3-13-15(14)19-24-18-13/h2-4,17H,5-12H2,1H3. The van der Waals surface area contributed by atoms with Crippen molar-refractivity contribution < 1.29 is 8.42 Å². The van der Waals surface area contributed by atoms with E-state index in [4.69, 9.17) is 0 Å². The first-order valence-corrected chi connectivity index (χ1v) is 10.8. The number of sulfonamides is 1. The number of rotatable bonds is 4. The molecule has 3 aliphatic rings. The molecule has 4 rings (SSSR count). The van der Waals surface area contributed by atoms with E-state index in [2.05, 4.69) is 25.9 Å². The van der Waals surface area contributed by atoms with E-state index in [1.165, 1.54) is 6.42 Å². The van der Waals surface area contributed by atoms with Crippen LogP contribution in [0.4, 0.5) is 11.4 Å². The maximum absolute atomic E-state index is 13.0. The lowest BCUT2D eigenvalue weighted by molar-refractivity contribution is 0.132. The van der Waals surface area contributed by atoms with Crippen molar-refractivity contribution in [2.24, 2.45) is 14.1 Å². The third-order valence-electron chi connectivity index (χ3n) is 5.26. The van der Waals surface area contributed by atoms with Crippen LogP contribution >= 0.6 is 0 Å². The van der Waals surface area contributed by atoms with E-state index < -0.39 is 10.0 Å². The van der Waals surface area contributed by atoms with E-state index in [1.54, 1.807) is 22.5 Å². The van der Waals surface area contributed by atoms with Crippen LogP contribution in [0.15, 0.2) is 31.8 Å². The van der Waals surface area contributed by atoms with Crippen LogP contribution in [0.2, 0.25) is 0 Å². The quantitative estimate of drug-likeness (QED) is 0.875. The van der Waals surface area contributed by atoms with Crippen LogP contribution in [-0.2, 0) is 21.4 Å². The summed E-state index contributed by atoms with van der Waals surface area (Å²) in [6.07, 6.45) is 1.18. The second-order valence-corrected chi connectivity index (χ2v) is 9.74. The molecule has 1 aromatic rings. The normalized spacial score (nSPS) is 27.4. The minimum atomic E-state index is -3.53. The van der Waals surface area contributed by atoms with Gasteiger partial charge in [-0.2, -0.15) is 13.0 Å². The van der Waals surface area contributed by atoms with Gasteiger partial charge in [-0.1, -0.05) is 13.0 Å². The molecule has 1 aromatic carbocycles. The molecule has 1 atom stereocenters. The van der Waals surface area contributed by atoms with E-state index in [9.17, 15) is 8.42 Å². The van der Waals surface area contributed by atoms with Gasteiger partial charge in [0, 0.05) is 39.3 Å². The number of nitrogens with one attached hydrogen (secondary N) is 1. The SMILES string of the molecule is CC1(CN2CCN(S(=O)(=O)c3cccc4c3N=S=N4)CC2)CCNC1. The summed E-state index contributed by atoms with van der Waals surface area (Å²) >= 11 is 1.05. The van der Waals surface area contributed by atoms with Crippen LogP contribution in [0.1, 0.15) is 13.3 Å². The maximum atomic E-state index is 13.0. The summed E-state index contributed by atoms with van der Waals surface area (Å²) in [4.78, 5) is 2.67. The third kappa shape index (κ3) is 3.31. The molecule has 136 valence electrons. The molecule has 3 heterocycles. The minimum absolute atomic E-state index is 0.277. The van der Waals surface area contributed by atoms with Crippen LogP contribution in [0.5, 0.6) is 0 Å². The Morgan fingerprint density at radius 2 is 2.04 bits per heavy atom. The Morgan fingerprint density at radius 3 is 2.76 bits per heavy atom. The summed E-state index contributed by atoms with van der Waals surface area (Å²) < 4.78 is 36.0. The number of hydrogen-bond donors (Lipinski definition) is 1. The Morgan fingerprint density at radius 1 is 1.24 bits per heavy atom. The predicted molar refractivity (Wildman–Crippen MR) is 98.8 cm³/mol. The van der Waals surface area contributed by atoms with Crippen LogP contribution in [0.3, 0.4) is 0 Å². The van der Waals surface area contributed by atoms with Gasteiger partial charge in [-0.25, -0.2) is 8.42 Å². The van der Waals surface area contributed by atoms with Gasteiger partial charge >= 0.3 is 0 Å². The van der Waals surface area contributed by atoms with Crippen molar-refractivity contribution in [2.45, 2.75) is 18.2 Å². The van der Waals surface area contributed by atoms with Gasteiger partial charge in [0.05, 0.1) is 11.4 Å². The topological polar surface area (TPSA) is 77.4 Å². The highest BCUT2D eigenvalue weighted by Crippen LogP contribution is 2.38. The van der Waals surface area contributed by atoms with E-state index in [1.807, 2.05) is 0 Å². The summed E-state index contributed by atoms with van der Waals surface area (Å²) in [5.41, 5.74) is 1.43. The van der Waals surface area contributed by atoms with Gasteiger partial charge in [0.2, 0.25) is 10.0 Å². The Labute approximate surface area is 152 Å². The lowest BCUT2D eigenvalue weighted by atomic mass is 9.89. The fourth-order valence-electron chi connectivity index (χ4n) is 3.80. The molecule has 3 aliphatic heterocycles. The average molecular weight is 382 g/mol. The molecule has 25 heavy (non-hydrogen) atoms. The lowest BCUT2D eigenvalue weighted by Crippen LogP contribution is -2.51. The van der Waals surface area contributed by atoms with Gasteiger partial charge < -0.3 is 10.2 Å². The first kappa shape index (κ1) is 17.3. The molecule has 7 nitrogen and oxygen atoms in total. The maximum Gasteiger partial charge on any atom is 0.245 e. The highest BCUT2D eigenvalue weighted by Gasteiger charge is 2.35. The summed E-state index contributed by atoms with van der Waals surface area (Å²) in [7, 11) is -3.53. The molecular formula is C16H23N5O2S2. The fraction of sp³-hybridized carbons (Fsp3) is 0.625. The van der Waals surface area contributed by atoms with Gasteiger partial charge in [-0.15, -0.1) is 0 Å². The zero-order valence-electron chi connectivity index (χ0n) is 14.3. The Balaban J connectivity index is 1.45. The number of nitrogens with zero attached hydrogens (tertiary/aromatic N) is 4. The molecule has 0 radical (unpaired) electrons. The summed E-state index contributed by atoms with van der Waals surface area (Å²) in [6.45, 7) is 8.08. The van der Waals surface area contributed by atoms with Gasteiger partial charge in [0.15, 0.2) is 0 Å². The second-order valence-electron chi connectivity index (χ2n) is 7.31. The number of fused-ring (bicyclic) bond motifs is 1. The molecule has 0 amide bonds. The first-order valence-electron chi connectivity index (χ1n) is 8.63. The minimum Gasteiger partial charge on any atom is -0.316 e. The molecule has 1 N–H and O–H groups in total. The van der Waals surface area contributed by atoms with Gasteiger partial charge in [-0.05, 0) is 30.5 Å². The summed E-state index contributed by atoms with van der Waals surface area (Å²) in [6, 6.07) is 5.17. The highest BCUT2D eigenvalue weighted by atomic mass is 32.2. The summed E-state index contributed by atoms with van der Waals surface area (Å²) in [5.74, 6) is 0. The largest absolute Gasteiger partial charge is 0.316 e. The van der Waals surface area contributed by atoms with E-state index in [-0.39, 0.29) is 4.90 Å². The predicted octanol–water partition coefficient (Wildman–Crippen LogP) is 1.72.